The number of pyridine rings is 1. The van der Waals surface area contributed by atoms with Crippen LogP contribution in [0, 0.1) is 11.8 Å². The van der Waals surface area contributed by atoms with Crippen molar-refractivity contribution in [1.82, 2.24) is 24.8 Å². The quantitative estimate of drug-likeness (QED) is 0.0962. The lowest BCUT2D eigenvalue weighted by Crippen LogP contribution is -2.49. The predicted molar refractivity (Wildman–Crippen MR) is 200 cm³/mol. The number of hydrogen-bond donors (Lipinski definition) is 3. The Balaban J connectivity index is 1.03. The van der Waals surface area contributed by atoms with Gasteiger partial charge in [-0.2, -0.15) is 13.2 Å². The van der Waals surface area contributed by atoms with Gasteiger partial charge in [-0.25, -0.2) is 13.1 Å². The molecule has 0 radical (unpaired) electrons. The number of thioether (sulfide) groups is 1. The van der Waals surface area contributed by atoms with Gasteiger partial charge in [0.25, 0.3) is 21.8 Å². The molecule has 2 amide bonds. The molecule has 1 fully saturated rings. The summed E-state index contributed by atoms with van der Waals surface area (Å²) in [5.74, 6) is 5.39. The largest absolute Gasteiger partial charge is 0.508 e. The second-order valence-electron chi connectivity index (χ2n) is 12.0. The van der Waals surface area contributed by atoms with Gasteiger partial charge in [0.15, 0.2) is 11.5 Å². The summed E-state index contributed by atoms with van der Waals surface area (Å²) in [4.78, 5) is 33.9. The third kappa shape index (κ3) is 10.1. The molecule has 0 spiro atoms. The van der Waals surface area contributed by atoms with Crippen LogP contribution in [0.1, 0.15) is 37.5 Å². The van der Waals surface area contributed by atoms with Crippen molar-refractivity contribution in [2.75, 3.05) is 48.7 Å². The van der Waals surface area contributed by atoms with Crippen LogP contribution in [-0.4, -0.2) is 83.9 Å². The molecule has 55 heavy (non-hydrogen) atoms. The van der Waals surface area contributed by atoms with Crippen LogP contribution in [-0.2, 0) is 16.2 Å². The Bertz CT molecular complexity index is 2350. The van der Waals surface area contributed by atoms with Crippen molar-refractivity contribution in [3.63, 3.8) is 0 Å². The second kappa shape index (κ2) is 16.9. The summed E-state index contributed by atoms with van der Waals surface area (Å²) < 4.78 is 69.7. The SMILES string of the molecule is O=C(NS(=O)(=O)c1ccc(NCCSc2ccccc2)c(C(F)(F)F)c1)c1ccc(N2CCN(C(=O)c3cncc(C#Cc4cccc(O)c4)c3)CC2)nn1. The van der Waals surface area contributed by atoms with Crippen LogP contribution in [0.2, 0.25) is 0 Å². The van der Waals surface area contributed by atoms with E-state index in [1.807, 2.05) is 35.2 Å². The zero-order valence-corrected chi connectivity index (χ0v) is 30.5. The maximum Gasteiger partial charge on any atom is 0.418 e. The molecule has 1 aliphatic heterocycles. The Morgan fingerprint density at radius 3 is 2.33 bits per heavy atom. The standard InChI is InChI=1S/C38H32F3N7O5S2/c39-38(40,41)32-23-31(11-12-33(32)43-15-20-54-30-7-2-1-3-8-30)55(52,53)46-36(50)34-13-14-35(45-44-34)47-16-18-48(19-17-47)37(51)28-21-27(24-42-25-28)10-9-26-5-4-6-29(49)22-26/h1-8,11-14,21-25,43,49H,15-20H2,(H,46,50). The van der Waals surface area contributed by atoms with Crippen molar-refractivity contribution in [1.29, 1.82) is 0 Å². The van der Waals surface area contributed by atoms with Crippen LogP contribution in [0.4, 0.5) is 24.7 Å². The first kappa shape index (κ1) is 38.6. The molecule has 5 aromatic rings. The third-order valence-electron chi connectivity index (χ3n) is 8.22. The molecule has 1 aliphatic rings. The molecule has 282 valence electrons. The number of amides is 2. The van der Waals surface area contributed by atoms with E-state index in [1.54, 1.807) is 33.9 Å². The van der Waals surface area contributed by atoms with Gasteiger partial charge in [-0.15, -0.1) is 22.0 Å². The minimum Gasteiger partial charge on any atom is -0.508 e. The van der Waals surface area contributed by atoms with E-state index in [4.69, 9.17) is 0 Å². The van der Waals surface area contributed by atoms with Gasteiger partial charge in [0.05, 0.1) is 16.0 Å². The van der Waals surface area contributed by atoms with Gasteiger partial charge in [-0.3, -0.25) is 14.6 Å². The van der Waals surface area contributed by atoms with E-state index in [9.17, 15) is 36.3 Å². The number of piperazine rings is 1. The molecular weight excluding hydrogens is 756 g/mol. The van der Waals surface area contributed by atoms with Gasteiger partial charge >= 0.3 is 6.18 Å². The fourth-order valence-corrected chi connectivity index (χ4v) is 7.25. The summed E-state index contributed by atoms with van der Waals surface area (Å²) in [7, 11) is -4.72. The van der Waals surface area contributed by atoms with Crippen LogP contribution in [0.3, 0.4) is 0 Å². The van der Waals surface area contributed by atoms with Crippen LogP contribution in [0.15, 0.2) is 113 Å². The van der Waals surface area contributed by atoms with Crippen molar-refractivity contribution >= 4 is 45.1 Å². The van der Waals surface area contributed by atoms with E-state index in [1.165, 1.54) is 42.4 Å². The van der Waals surface area contributed by atoms with Crippen molar-refractivity contribution in [2.24, 2.45) is 0 Å². The molecule has 3 heterocycles. The number of alkyl halides is 3. The van der Waals surface area contributed by atoms with Gasteiger partial charge in [-0.1, -0.05) is 36.1 Å². The van der Waals surface area contributed by atoms with Crippen LogP contribution < -0.4 is 14.9 Å². The van der Waals surface area contributed by atoms with Gasteiger partial charge in [0.2, 0.25) is 0 Å². The smallest absolute Gasteiger partial charge is 0.418 e. The lowest BCUT2D eigenvalue weighted by molar-refractivity contribution is -0.137. The minimum atomic E-state index is -4.88. The molecule has 0 bridgehead atoms. The van der Waals surface area contributed by atoms with E-state index in [0.29, 0.717) is 60.5 Å². The zero-order valence-electron chi connectivity index (χ0n) is 28.8. The molecular formula is C38H32F3N7O5S2. The number of rotatable bonds is 10. The fraction of sp³-hybridized carbons (Fsp3) is 0.184. The van der Waals surface area contributed by atoms with Crippen LogP contribution in [0.25, 0.3) is 0 Å². The molecule has 12 nitrogen and oxygen atoms in total. The average molecular weight is 788 g/mol. The maximum absolute atomic E-state index is 14.0. The normalized spacial score (nSPS) is 13.1. The minimum absolute atomic E-state index is 0.0934. The third-order valence-corrected chi connectivity index (χ3v) is 10.6. The van der Waals surface area contributed by atoms with Gasteiger partial charge in [0, 0.05) is 72.6 Å². The number of aromatic nitrogens is 3. The maximum atomic E-state index is 14.0. The summed E-state index contributed by atoms with van der Waals surface area (Å²) in [6, 6.07) is 22.6. The molecule has 0 unspecified atom stereocenters. The molecule has 3 aromatic carbocycles. The van der Waals surface area contributed by atoms with Gasteiger partial charge in [-0.05, 0) is 66.7 Å². The van der Waals surface area contributed by atoms with Crippen molar-refractivity contribution in [2.45, 2.75) is 16.0 Å². The number of phenolic OH excluding ortho intramolecular Hbond substituents is 1. The van der Waals surface area contributed by atoms with Crippen molar-refractivity contribution in [3.05, 3.63) is 131 Å². The monoisotopic (exact) mass is 787 g/mol. The van der Waals surface area contributed by atoms with E-state index in [0.717, 1.165) is 17.0 Å². The number of hydrogen-bond acceptors (Lipinski definition) is 11. The fourth-order valence-electron chi connectivity index (χ4n) is 5.47. The number of carbonyl (C=O) groups excluding carboxylic acids is 2. The van der Waals surface area contributed by atoms with Gasteiger partial charge in [0.1, 0.15) is 5.75 Å². The van der Waals surface area contributed by atoms with E-state index < -0.39 is 32.6 Å². The summed E-state index contributed by atoms with van der Waals surface area (Å²) in [6.45, 7) is 1.61. The second-order valence-corrected chi connectivity index (χ2v) is 14.9. The Hall–Kier alpha value is -6.12. The molecule has 17 heteroatoms. The molecule has 3 N–H and O–H groups in total. The first-order chi connectivity index (χ1) is 26.4. The van der Waals surface area contributed by atoms with E-state index >= 15 is 0 Å². The summed E-state index contributed by atoms with van der Waals surface area (Å²) >= 11 is 1.45. The Morgan fingerprint density at radius 1 is 0.855 bits per heavy atom. The van der Waals surface area contributed by atoms with Crippen molar-refractivity contribution in [3.8, 4) is 17.6 Å². The number of nitrogens with zero attached hydrogens (tertiary/aromatic N) is 5. The Kier molecular flexibility index (Phi) is 11.9. The first-order valence-electron chi connectivity index (χ1n) is 16.7. The predicted octanol–water partition coefficient (Wildman–Crippen LogP) is 5.28. The highest BCUT2D eigenvalue weighted by atomic mass is 32.2. The molecule has 0 atom stereocenters. The topological polar surface area (TPSA) is 158 Å². The molecule has 1 saturated heterocycles. The highest BCUT2D eigenvalue weighted by Gasteiger charge is 2.35. The zero-order chi connectivity index (χ0) is 39.0. The number of sulfonamides is 1. The van der Waals surface area contributed by atoms with Crippen molar-refractivity contribution < 1.29 is 36.3 Å². The average Bonchev–Trinajstić information content (AvgIpc) is 3.18. The van der Waals surface area contributed by atoms with Crippen LogP contribution in [0.5, 0.6) is 5.75 Å². The number of halogens is 3. The molecule has 0 aliphatic carbocycles. The summed E-state index contributed by atoms with van der Waals surface area (Å²) in [5, 5.41) is 20.2. The number of carbonyl (C=O) groups is 2. The lowest BCUT2D eigenvalue weighted by atomic mass is 10.1. The summed E-state index contributed by atoms with van der Waals surface area (Å²) in [5.41, 5.74) is -0.363. The molecule has 6 rings (SSSR count). The number of benzene rings is 3. The Morgan fingerprint density at radius 2 is 1.62 bits per heavy atom. The highest BCUT2D eigenvalue weighted by Crippen LogP contribution is 2.36. The first-order valence-corrected chi connectivity index (χ1v) is 19.2. The highest BCUT2D eigenvalue weighted by molar-refractivity contribution is 7.99. The number of aromatic hydroxyl groups is 1. The Labute approximate surface area is 318 Å². The van der Waals surface area contributed by atoms with Gasteiger partial charge < -0.3 is 20.2 Å². The van der Waals surface area contributed by atoms with Crippen LogP contribution >= 0.6 is 11.8 Å². The number of phenols is 1. The lowest BCUT2D eigenvalue weighted by Gasteiger charge is -2.35. The van der Waals surface area contributed by atoms with E-state index in [-0.39, 0.29) is 29.6 Å². The molecule has 2 aromatic heterocycles. The van der Waals surface area contributed by atoms with E-state index in [2.05, 4.69) is 32.3 Å². The number of anilines is 2. The summed E-state index contributed by atoms with van der Waals surface area (Å²) in [6.07, 6.45) is -1.88. The molecule has 0 saturated carbocycles. The number of nitrogens with one attached hydrogen (secondary N) is 2.